The molecule has 0 radical (unpaired) electrons. The Labute approximate surface area is 220 Å². The summed E-state index contributed by atoms with van der Waals surface area (Å²) in [6.07, 6.45) is -1.70. The van der Waals surface area contributed by atoms with Crippen LogP contribution in [0.2, 0.25) is 0 Å². The zero-order valence-corrected chi connectivity index (χ0v) is 21.9. The van der Waals surface area contributed by atoms with Crippen molar-refractivity contribution in [1.29, 1.82) is 0 Å². The van der Waals surface area contributed by atoms with Crippen molar-refractivity contribution >= 4 is 20.7 Å². The van der Waals surface area contributed by atoms with Gasteiger partial charge in [-0.2, -0.15) is 13.2 Å². The number of ether oxygens (including phenoxy) is 1. The first-order valence-corrected chi connectivity index (χ1v) is 14.0. The second kappa shape index (κ2) is 11.5. The van der Waals surface area contributed by atoms with Gasteiger partial charge in [0.1, 0.15) is 11.5 Å². The van der Waals surface area contributed by atoms with Gasteiger partial charge in [-0.05, 0) is 79.9 Å². The molecule has 1 aromatic heterocycles. The van der Waals surface area contributed by atoms with Gasteiger partial charge in [0.25, 0.3) is 0 Å². The van der Waals surface area contributed by atoms with E-state index in [1.807, 2.05) is 0 Å². The summed E-state index contributed by atoms with van der Waals surface area (Å²) in [6.45, 7) is 4.74. The van der Waals surface area contributed by atoms with Crippen molar-refractivity contribution in [3.8, 4) is 22.6 Å². The number of hydrogen-bond acceptors (Lipinski definition) is 5. The molecular formula is C29H29F3N2O3S. The lowest BCUT2D eigenvalue weighted by atomic mass is 9.99. The number of pyridine rings is 1. The molecule has 0 aliphatic heterocycles. The minimum atomic E-state index is -4.52. The van der Waals surface area contributed by atoms with E-state index in [0.29, 0.717) is 47.0 Å². The number of benzene rings is 3. The fraction of sp³-hybridized carbons (Fsp3) is 0.276. The van der Waals surface area contributed by atoms with Gasteiger partial charge in [-0.3, -0.25) is 4.98 Å². The van der Waals surface area contributed by atoms with Crippen LogP contribution in [0.1, 0.15) is 32.3 Å². The van der Waals surface area contributed by atoms with Gasteiger partial charge in [0, 0.05) is 17.6 Å². The van der Waals surface area contributed by atoms with Crippen molar-refractivity contribution in [3.63, 3.8) is 0 Å². The van der Waals surface area contributed by atoms with Gasteiger partial charge in [0.05, 0.1) is 21.7 Å². The molecule has 38 heavy (non-hydrogen) atoms. The van der Waals surface area contributed by atoms with Gasteiger partial charge in [0.2, 0.25) is 0 Å². The van der Waals surface area contributed by atoms with Crippen LogP contribution in [-0.2, 0) is 16.0 Å². The molecule has 1 atom stereocenters. The minimum absolute atomic E-state index is 0.0183. The summed E-state index contributed by atoms with van der Waals surface area (Å²) in [6, 6.07) is 19.2. The zero-order valence-electron chi connectivity index (χ0n) is 21.1. The van der Waals surface area contributed by atoms with E-state index in [0.717, 1.165) is 12.5 Å². The van der Waals surface area contributed by atoms with Gasteiger partial charge >= 0.3 is 6.18 Å². The fourth-order valence-electron chi connectivity index (χ4n) is 4.12. The van der Waals surface area contributed by atoms with Crippen molar-refractivity contribution < 1.29 is 26.3 Å². The highest BCUT2D eigenvalue weighted by Gasteiger charge is 2.33. The fourth-order valence-corrected chi connectivity index (χ4v) is 5.47. The summed E-state index contributed by atoms with van der Waals surface area (Å²) in [5.74, 6) is 0.788. The smallest absolute Gasteiger partial charge is 0.418 e. The second-order valence-corrected chi connectivity index (χ2v) is 11.2. The van der Waals surface area contributed by atoms with Crippen LogP contribution >= 0.6 is 0 Å². The molecule has 0 amide bonds. The lowest BCUT2D eigenvalue weighted by Gasteiger charge is -2.13. The average Bonchev–Trinajstić information content (AvgIpc) is 2.90. The third-order valence-electron chi connectivity index (χ3n) is 6.32. The van der Waals surface area contributed by atoms with Crippen molar-refractivity contribution in [2.75, 3.05) is 12.3 Å². The van der Waals surface area contributed by atoms with E-state index in [9.17, 15) is 21.6 Å². The first-order valence-electron chi connectivity index (χ1n) is 12.4. The number of nitrogens with zero attached hydrogens (tertiary/aromatic N) is 1. The van der Waals surface area contributed by atoms with E-state index in [1.54, 1.807) is 54.6 Å². The van der Waals surface area contributed by atoms with E-state index >= 15 is 0 Å². The van der Waals surface area contributed by atoms with Crippen LogP contribution < -0.4 is 10.1 Å². The lowest BCUT2D eigenvalue weighted by Crippen LogP contribution is -2.27. The highest BCUT2D eigenvalue weighted by molar-refractivity contribution is 7.91. The number of alkyl halides is 3. The van der Waals surface area contributed by atoms with Crippen LogP contribution in [0.3, 0.4) is 0 Å². The summed E-state index contributed by atoms with van der Waals surface area (Å²) in [4.78, 5) is 4.16. The molecule has 0 bridgehead atoms. The number of halogens is 3. The zero-order chi connectivity index (χ0) is 27.3. The van der Waals surface area contributed by atoms with E-state index in [2.05, 4.69) is 24.1 Å². The molecule has 5 nitrogen and oxygen atoms in total. The summed E-state index contributed by atoms with van der Waals surface area (Å²) in [5, 5.41) is 3.66. The number of hydrogen-bond donors (Lipinski definition) is 1. The van der Waals surface area contributed by atoms with E-state index in [4.69, 9.17) is 4.74 Å². The number of sulfone groups is 1. The van der Waals surface area contributed by atoms with Gasteiger partial charge < -0.3 is 10.1 Å². The molecule has 3 aromatic carbocycles. The SMILES string of the molecule is CC[C@H](C)NCCCS(=O)(=O)c1cccc(Oc2cccc(-c3ccnc4c(C(F)(F)F)cccc34)c2)c1. The van der Waals surface area contributed by atoms with Crippen LogP contribution in [0.15, 0.2) is 83.9 Å². The van der Waals surface area contributed by atoms with Gasteiger partial charge in [0.15, 0.2) is 9.84 Å². The molecule has 0 spiro atoms. The normalized spacial score (nSPS) is 13.0. The number of para-hydroxylation sites is 1. The van der Waals surface area contributed by atoms with E-state index in [1.165, 1.54) is 18.3 Å². The number of fused-ring (bicyclic) bond motifs is 1. The molecule has 4 rings (SSSR count). The van der Waals surface area contributed by atoms with Gasteiger partial charge in [-0.1, -0.05) is 37.3 Å². The highest BCUT2D eigenvalue weighted by Crippen LogP contribution is 2.37. The number of rotatable bonds is 10. The van der Waals surface area contributed by atoms with Crippen LogP contribution in [0.5, 0.6) is 11.5 Å². The Hall–Kier alpha value is -3.43. The molecule has 0 unspecified atom stereocenters. The monoisotopic (exact) mass is 542 g/mol. The summed E-state index contributed by atoms with van der Waals surface area (Å²) in [5.41, 5.74) is 0.305. The first kappa shape index (κ1) is 27.6. The standard InChI is InChI=1S/C29H29F3N2O3S/c1-3-20(2)33-15-7-17-38(35,36)24-11-5-10-23(19-24)37-22-9-4-8-21(18-22)25-14-16-34-28-26(25)12-6-13-27(28)29(30,31)32/h4-6,8-14,16,18-20,33H,3,7,15,17H2,1-2H3/t20-/m0/s1. The lowest BCUT2D eigenvalue weighted by molar-refractivity contribution is -0.136. The predicted molar refractivity (Wildman–Crippen MR) is 143 cm³/mol. The third kappa shape index (κ3) is 6.52. The molecule has 200 valence electrons. The maximum absolute atomic E-state index is 13.5. The molecule has 9 heteroatoms. The minimum Gasteiger partial charge on any atom is -0.457 e. The summed E-state index contributed by atoms with van der Waals surface area (Å²) < 4.78 is 72.2. The Balaban J connectivity index is 1.56. The molecule has 1 heterocycles. The Morgan fingerprint density at radius 1 is 0.974 bits per heavy atom. The van der Waals surface area contributed by atoms with Gasteiger partial charge in [-0.25, -0.2) is 8.42 Å². The molecule has 0 saturated carbocycles. The predicted octanol–water partition coefficient (Wildman–Crippen LogP) is 7.26. The maximum Gasteiger partial charge on any atom is 0.418 e. The Bertz CT molecular complexity index is 1520. The number of aromatic nitrogens is 1. The Kier molecular flexibility index (Phi) is 8.38. The van der Waals surface area contributed by atoms with Crippen LogP contribution in [0.25, 0.3) is 22.0 Å². The largest absolute Gasteiger partial charge is 0.457 e. The molecular weight excluding hydrogens is 513 g/mol. The second-order valence-electron chi connectivity index (χ2n) is 9.10. The highest BCUT2D eigenvalue weighted by atomic mass is 32.2. The average molecular weight is 543 g/mol. The molecule has 4 aromatic rings. The maximum atomic E-state index is 13.5. The molecule has 0 fully saturated rings. The van der Waals surface area contributed by atoms with Crippen molar-refractivity contribution in [3.05, 3.63) is 84.6 Å². The molecule has 0 aliphatic carbocycles. The van der Waals surface area contributed by atoms with Crippen molar-refractivity contribution in [1.82, 2.24) is 10.3 Å². The van der Waals surface area contributed by atoms with E-state index < -0.39 is 21.6 Å². The summed E-state index contributed by atoms with van der Waals surface area (Å²) >= 11 is 0. The van der Waals surface area contributed by atoms with Crippen LogP contribution in [0, 0.1) is 0 Å². The third-order valence-corrected chi connectivity index (χ3v) is 8.12. The van der Waals surface area contributed by atoms with Crippen LogP contribution in [0.4, 0.5) is 13.2 Å². The van der Waals surface area contributed by atoms with Crippen LogP contribution in [-0.4, -0.2) is 31.7 Å². The molecule has 1 N–H and O–H groups in total. The number of nitrogens with one attached hydrogen (secondary N) is 1. The summed E-state index contributed by atoms with van der Waals surface area (Å²) in [7, 11) is -3.49. The Morgan fingerprint density at radius 2 is 1.68 bits per heavy atom. The van der Waals surface area contributed by atoms with Crippen molar-refractivity contribution in [2.24, 2.45) is 0 Å². The molecule has 0 aliphatic rings. The van der Waals surface area contributed by atoms with Gasteiger partial charge in [-0.15, -0.1) is 0 Å². The first-order chi connectivity index (χ1) is 18.1. The quantitative estimate of drug-likeness (QED) is 0.214. The van der Waals surface area contributed by atoms with Crippen molar-refractivity contribution in [2.45, 2.75) is 43.8 Å². The van der Waals surface area contributed by atoms with E-state index in [-0.39, 0.29) is 16.2 Å². The molecule has 0 saturated heterocycles. The topological polar surface area (TPSA) is 68.3 Å². The Morgan fingerprint density at radius 3 is 2.42 bits per heavy atom.